The molecule has 0 aliphatic carbocycles. The van der Waals surface area contributed by atoms with Gasteiger partial charge in [0, 0.05) is 44.7 Å². The summed E-state index contributed by atoms with van der Waals surface area (Å²) in [5.74, 6) is -0.351. The lowest BCUT2D eigenvalue weighted by atomic mass is 10.1. The Morgan fingerprint density at radius 2 is 1.86 bits per heavy atom. The van der Waals surface area contributed by atoms with E-state index in [1.54, 1.807) is 17.4 Å². The number of pyridine rings is 1. The normalized spacial score (nSPS) is 14.5. The van der Waals surface area contributed by atoms with E-state index >= 15 is 0 Å². The van der Waals surface area contributed by atoms with Gasteiger partial charge in [0.1, 0.15) is 11.3 Å². The molecule has 1 N–H and O–H groups in total. The number of thiophene rings is 1. The van der Waals surface area contributed by atoms with Crippen molar-refractivity contribution in [3.63, 3.8) is 0 Å². The van der Waals surface area contributed by atoms with Gasteiger partial charge in [-0.3, -0.25) is 9.69 Å². The Hall–Kier alpha value is -3.40. The molecule has 4 heterocycles. The first kappa shape index (κ1) is 23.0. The van der Waals surface area contributed by atoms with Gasteiger partial charge in [-0.05, 0) is 35.7 Å². The average Bonchev–Trinajstić information content (AvgIpc) is 3.60. The largest absolute Gasteiger partial charge is 0.351 e. The van der Waals surface area contributed by atoms with E-state index in [0.29, 0.717) is 17.6 Å². The smallest absolute Gasteiger partial charge is 0.252 e. The van der Waals surface area contributed by atoms with Crippen LogP contribution in [0.4, 0.5) is 9.52 Å². The summed E-state index contributed by atoms with van der Waals surface area (Å²) in [5.41, 5.74) is 2.74. The van der Waals surface area contributed by atoms with E-state index in [2.05, 4.69) is 20.1 Å². The van der Waals surface area contributed by atoms with Crippen LogP contribution in [-0.4, -0.2) is 60.0 Å². The second-order valence-corrected chi connectivity index (χ2v) is 10.7. The Morgan fingerprint density at radius 1 is 1.00 bits per heavy atom. The highest BCUT2D eigenvalue weighted by atomic mass is 32.1. The van der Waals surface area contributed by atoms with Gasteiger partial charge in [-0.2, -0.15) is 0 Å². The van der Waals surface area contributed by atoms with Gasteiger partial charge < -0.3 is 10.2 Å². The van der Waals surface area contributed by atoms with Crippen LogP contribution in [0.15, 0.2) is 66.0 Å². The summed E-state index contributed by atoms with van der Waals surface area (Å²) >= 11 is 3.15. The number of amides is 1. The van der Waals surface area contributed by atoms with Crippen LogP contribution in [-0.2, 0) is 0 Å². The zero-order chi connectivity index (χ0) is 24.5. The molecule has 1 amide bonds. The number of hydrogen-bond acceptors (Lipinski definition) is 7. The molecule has 2 aromatic carbocycles. The Morgan fingerprint density at radius 3 is 2.67 bits per heavy atom. The standard InChI is InChI=1S/C27H24FN5OS2/c28-20-6-3-8-24-25(20)31-27(36-24)33-14-12-32(13-15-33)11-10-29-26(34)19-17-22(23-9-4-16-35-23)30-21-7-2-1-5-18(19)21/h1-9,16-17H,10-15H2,(H,29,34). The molecule has 0 spiro atoms. The van der Waals surface area contributed by atoms with E-state index in [-0.39, 0.29) is 11.7 Å². The molecule has 3 aromatic heterocycles. The van der Waals surface area contributed by atoms with Crippen LogP contribution < -0.4 is 10.2 Å². The van der Waals surface area contributed by atoms with Crippen molar-refractivity contribution in [3.8, 4) is 10.6 Å². The third-order valence-corrected chi connectivity index (χ3v) is 8.42. The number of halogens is 1. The fourth-order valence-electron chi connectivity index (χ4n) is 4.54. The second kappa shape index (κ2) is 9.93. The van der Waals surface area contributed by atoms with Crippen LogP contribution in [0, 0.1) is 5.82 Å². The molecular formula is C27H24FN5OS2. The number of para-hydroxylation sites is 2. The molecule has 1 aliphatic heterocycles. The number of anilines is 1. The van der Waals surface area contributed by atoms with Gasteiger partial charge >= 0.3 is 0 Å². The van der Waals surface area contributed by atoms with E-state index < -0.39 is 0 Å². The minimum atomic E-state index is -0.270. The molecule has 1 aliphatic rings. The molecule has 0 radical (unpaired) electrons. The molecule has 6 nitrogen and oxygen atoms in total. The number of fused-ring (bicyclic) bond motifs is 2. The topological polar surface area (TPSA) is 61.4 Å². The van der Waals surface area contributed by atoms with Crippen molar-refractivity contribution < 1.29 is 9.18 Å². The first-order chi connectivity index (χ1) is 17.7. The van der Waals surface area contributed by atoms with Crippen LogP contribution in [0.25, 0.3) is 31.7 Å². The minimum Gasteiger partial charge on any atom is -0.351 e. The van der Waals surface area contributed by atoms with Crippen molar-refractivity contribution in [2.45, 2.75) is 0 Å². The highest BCUT2D eigenvalue weighted by molar-refractivity contribution is 7.22. The van der Waals surface area contributed by atoms with Crippen LogP contribution in [0.5, 0.6) is 0 Å². The van der Waals surface area contributed by atoms with Gasteiger partial charge in [-0.1, -0.05) is 41.7 Å². The number of carbonyl (C=O) groups excluding carboxylic acids is 1. The monoisotopic (exact) mass is 517 g/mol. The summed E-state index contributed by atoms with van der Waals surface area (Å²) in [5, 5.41) is 6.85. The van der Waals surface area contributed by atoms with E-state index in [4.69, 9.17) is 4.98 Å². The van der Waals surface area contributed by atoms with Crippen molar-refractivity contribution in [2.24, 2.45) is 0 Å². The number of benzene rings is 2. The van der Waals surface area contributed by atoms with Crippen molar-refractivity contribution in [3.05, 3.63) is 77.4 Å². The lowest BCUT2D eigenvalue weighted by Crippen LogP contribution is -2.48. The van der Waals surface area contributed by atoms with Crippen LogP contribution in [0.3, 0.4) is 0 Å². The number of rotatable bonds is 6. The summed E-state index contributed by atoms with van der Waals surface area (Å²) in [7, 11) is 0. The number of aromatic nitrogens is 2. The van der Waals surface area contributed by atoms with Crippen LogP contribution in [0.2, 0.25) is 0 Å². The zero-order valence-corrected chi connectivity index (χ0v) is 21.1. The summed E-state index contributed by atoms with van der Waals surface area (Å²) in [4.78, 5) is 28.1. The molecule has 0 atom stereocenters. The van der Waals surface area contributed by atoms with Crippen LogP contribution in [0.1, 0.15) is 10.4 Å². The minimum absolute atomic E-state index is 0.0819. The molecule has 5 aromatic rings. The molecule has 9 heteroatoms. The first-order valence-electron chi connectivity index (χ1n) is 11.9. The maximum atomic E-state index is 14.0. The van der Waals surface area contributed by atoms with Gasteiger partial charge in [0.25, 0.3) is 5.91 Å². The highest BCUT2D eigenvalue weighted by Crippen LogP contribution is 2.31. The molecule has 1 saturated heterocycles. The number of nitrogens with zero attached hydrogens (tertiary/aromatic N) is 4. The van der Waals surface area contributed by atoms with Crippen LogP contribution >= 0.6 is 22.7 Å². The van der Waals surface area contributed by atoms with E-state index in [0.717, 1.165) is 64.0 Å². The van der Waals surface area contributed by atoms with Gasteiger partial charge in [0.15, 0.2) is 5.13 Å². The van der Waals surface area contributed by atoms with E-state index in [1.165, 1.54) is 17.4 Å². The Kier molecular flexibility index (Phi) is 6.35. The Labute approximate surface area is 216 Å². The molecule has 36 heavy (non-hydrogen) atoms. The summed E-state index contributed by atoms with van der Waals surface area (Å²) in [6.07, 6.45) is 0. The maximum Gasteiger partial charge on any atom is 0.252 e. The third kappa shape index (κ3) is 4.57. The first-order valence-corrected chi connectivity index (χ1v) is 13.6. The predicted octanol–water partition coefficient (Wildman–Crippen LogP) is 5.26. The fourth-order valence-corrected chi connectivity index (χ4v) is 6.26. The molecule has 0 bridgehead atoms. The number of carbonyl (C=O) groups is 1. The number of piperazine rings is 1. The summed E-state index contributed by atoms with van der Waals surface area (Å²) in [6, 6.07) is 18.8. The number of thiazole rings is 1. The molecule has 0 unspecified atom stereocenters. The maximum absolute atomic E-state index is 14.0. The Bertz CT molecular complexity index is 1530. The van der Waals surface area contributed by atoms with Gasteiger partial charge in [0.2, 0.25) is 0 Å². The lowest BCUT2D eigenvalue weighted by Gasteiger charge is -2.34. The van der Waals surface area contributed by atoms with E-state index in [9.17, 15) is 9.18 Å². The number of nitrogens with one attached hydrogen (secondary N) is 1. The summed E-state index contributed by atoms with van der Waals surface area (Å²) in [6.45, 7) is 4.73. The van der Waals surface area contributed by atoms with Gasteiger partial charge in [0.05, 0.1) is 26.4 Å². The predicted molar refractivity (Wildman–Crippen MR) is 146 cm³/mol. The lowest BCUT2D eigenvalue weighted by molar-refractivity contribution is 0.0949. The van der Waals surface area contributed by atoms with Gasteiger partial charge in [-0.25, -0.2) is 14.4 Å². The Balaban J connectivity index is 1.07. The van der Waals surface area contributed by atoms with Gasteiger partial charge in [-0.15, -0.1) is 11.3 Å². The van der Waals surface area contributed by atoms with Crippen molar-refractivity contribution in [1.82, 2.24) is 20.2 Å². The zero-order valence-electron chi connectivity index (χ0n) is 19.5. The molecule has 1 fully saturated rings. The average molecular weight is 518 g/mol. The SMILES string of the molecule is O=C(NCCN1CCN(c2nc3c(F)cccc3s2)CC1)c1cc(-c2cccs2)nc2ccccc12. The second-order valence-electron chi connectivity index (χ2n) is 8.72. The number of hydrogen-bond donors (Lipinski definition) is 1. The van der Waals surface area contributed by atoms with Crippen molar-refractivity contribution in [2.75, 3.05) is 44.2 Å². The summed E-state index contributed by atoms with van der Waals surface area (Å²) < 4.78 is 14.9. The molecule has 182 valence electrons. The molecular weight excluding hydrogens is 493 g/mol. The highest BCUT2D eigenvalue weighted by Gasteiger charge is 2.21. The van der Waals surface area contributed by atoms with Crippen molar-refractivity contribution in [1.29, 1.82) is 0 Å². The quantitative estimate of drug-likeness (QED) is 0.333. The molecule has 0 saturated carbocycles. The third-order valence-electron chi connectivity index (χ3n) is 6.45. The fraction of sp³-hybridized carbons (Fsp3) is 0.222. The van der Waals surface area contributed by atoms with E-state index in [1.807, 2.05) is 53.9 Å². The van der Waals surface area contributed by atoms with Crippen molar-refractivity contribution >= 4 is 54.8 Å². The molecule has 6 rings (SSSR count).